The number of rotatable bonds is 6. The molecule has 0 bridgehead atoms. The minimum absolute atomic E-state index is 0.157. The third-order valence-corrected chi connectivity index (χ3v) is 2.33. The molecule has 1 rings (SSSR count). The van der Waals surface area contributed by atoms with Gasteiger partial charge in [0, 0.05) is 6.42 Å². The van der Waals surface area contributed by atoms with Crippen LogP contribution in [0.3, 0.4) is 0 Å². The van der Waals surface area contributed by atoms with Crippen molar-refractivity contribution in [2.24, 2.45) is 0 Å². The Kier molecular flexibility index (Phi) is 4.83. The summed E-state index contributed by atoms with van der Waals surface area (Å²) in [5.41, 5.74) is 1.16. The molecule has 3 nitrogen and oxygen atoms in total. The molecule has 0 radical (unpaired) electrons. The molecule has 1 N–H and O–H groups in total. The first-order valence-electron chi connectivity index (χ1n) is 5.54. The summed E-state index contributed by atoms with van der Waals surface area (Å²) < 4.78 is 5.59. The highest BCUT2D eigenvalue weighted by molar-refractivity contribution is 5.66. The summed E-state index contributed by atoms with van der Waals surface area (Å²) >= 11 is 0. The van der Waals surface area contributed by atoms with Crippen LogP contribution in [0.4, 0.5) is 0 Å². The van der Waals surface area contributed by atoms with Crippen LogP contribution in [-0.4, -0.2) is 17.7 Å². The molecule has 0 fully saturated rings. The molecule has 1 aromatic carbocycles. The molecule has 0 amide bonds. The highest BCUT2D eigenvalue weighted by Gasteiger charge is 2.06. The smallest absolute Gasteiger partial charge is 0.303 e. The van der Waals surface area contributed by atoms with Crippen LogP contribution in [0.2, 0.25) is 0 Å². The standard InChI is InChI=1S/C13H18O3/c1-10(2)11-6-3-4-7-12(11)16-9-5-8-13(14)15/h3-4,6-7,10H,5,8-9H2,1-2H3,(H,14,15). The number of carbonyl (C=O) groups is 1. The zero-order valence-corrected chi connectivity index (χ0v) is 9.77. The van der Waals surface area contributed by atoms with Gasteiger partial charge in [-0.25, -0.2) is 0 Å². The van der Waals surface area contributed by atoms with Gasteiger partial charge in [0.05, 0.1) is 6.61 Å². The molecular weight excluding hydrogens is 204 g/mol. The third-order valence-electron chi connectivity index (χ3n) is 2.33. The lowest BCUT2D eigenvalue weighted by Gasteiger charge is -2.13. The lowest BCUT2D eigenvalue weighted by atomic mass is 10.0. The highest BCUT2D eigenvalue weighted by atomic mass is 16.5. The number of ether oxygens (including phenoxy) is 1. The summed E-state index contributed by atoms with van der Waals surface area (Å²) in [6.07, 6.45) is 0.700. The van der Waals surface area contributed by atoms with E-state index in [1.54, 1.807) is 0 Å². The average molecular weight is 222 g/mol. The average Bonchev–Trinajstić information content (AvgIpc) is 2.24. The van der Waals surface area contributed by atoms with Gasteiger partial charge in [0.25, 0.3) is 0 Å². The maximum Gasteiger partial charge on any atom is 0.303 e. The van der Waals surface area contributed by atoms with E-state index >= 15 is 0 Å². The molecule has 0 aliphatic heterocycles. The fourth-order valence-electron chi connectivity index (χ4n) is 1.49. The molecule has 0 atom stereocenters. The SMILES string of the molecule is CC(C)c1ccccc1OCCCC(=O)O. The van der Waals surface area contributed by atoms with E-state index in [9.17, 15) is 4.79 Å². The topological polar surface area (TPSA) is 46.5 Å². The van der Waals surface area contributed by atoms with Crippen molar-refractivity contribution >= 4 is 5.97 Å². The Morgan fingerprint density at radius 1 is 1.38 bits per heavy atom. The van der Waals surface area contributed by atoms with E-state index in [-0.39, 0.29) is 6.42 Å². The van der Waals surface area contributed by atoms with Crippen LogP contribution in [0.1, 0.15) is 38.2 Å². The molecule has 1 aromatic rings. The number of para-hydroxylation sites is 1. The molecule has 0 saturated carbocycles. The molecule has 88 valence electrons. The van der Waals surface area contributed by atoms with Gasteiger partial charge < -0.3 is 9.84 Å². The number of carboxylic acids is 1. The molecule has 3 heteroatoms. The monoisotopic (exact) mass is 222 g/mol. The summed E-state index contributed by atoms with van der Waals surface area (Å²) in [5, 5.41) is 8.50. The summed E-state index contributed by atoms with van der Waals surface area (Å²) in [4.78, 5) is 10.3. The zero-order valence-electron chi connectivity index (χ0n) is 9.77. The van der Waals surface area contributed by atoms with E-state index in [0.29, 0.717) is 18.9 Å². The minimum Gasteiger partial charge on any atom is -0.493 e. The van der Waals surface area contributed by atoms with Crippen LogP contribution in [0.5, 0.6) is 5.75 Å². The molecular formula is C13H18O3. The van der Waals surface area contributed by atoms with Crippen LogP contribution in [-0.2, 0) is 4.79 Å². The third kappa shape index (κ3) is 3.93. The Bertz CT molecular complexity index is 345. The van der Waals surface area contributed by atoms with Crippen molar-refractivity contribution in [2.75, 3.05) is 6.61 Å². The lowest BCUT2D eigenvalue weighted by molar-refractivity contribution is -0.137. The van der Waals surface area contributed by atoms with E-state index in [1.807, 2.05) is 24.3 Å². The van der Waals surface area contributed by atoms with Crippen LogP contribution < -0.4 is 4.74 Å². The predicted molar refractivity (Wildman–Crippen MR) is 62.9 cm³/mol. The maximum atomic E-state index is 10.3. The molecule has 0 aromatic heterocycles. The quantitative estimate of drug-likeness (QED) is 0.752. The second-order valence-electron chi connectivity index (χ2n) is 4.04. The minimum atomic E-state index is -0.777. The van der Waals surface area contributed by atoms with Crippen molar-refractivity contribution in [2.45, 2.75) is 32.6 Å². The Morgan fingerprint density at radius 2 is 2.06 bits per heavy atom. The first-order chi connectivity index (χ1) is 7.61. The first kappa shape index (κ1) is 12.6. The van der Waals surface area contributed by atoms with Crippen molar-refractivity contribution in [3.05, 3.63) is 29.8 Å². The molecule has 0 saturated heterocycles. The molecule has 0 heterocycles. The number of hydrogen-bond donors (Lipinski definition) is 1. The normalized spacial score (nSPS) is 10.4. The summed E-state index contributed by atoms with van der Waals surface area (Å²) in [6.45, 7) is 4.68. The van der Waals surface area contributed by atoms with Crippen molar-refractivity contribution in [3.8, 4) is 5.75 Å². The zero-order chi connectivity index (χ0) is 12.0. The van der Waals surface area contributed by atoms with Crippen molar-refractivity contribution < 1.29 is 14.6 Å². The van der Waals surface area contributed by atoms with Crippen LogP contribution in [0.25, 0.3) is 0 Å². The van der Waals surface area contributed by atoms with E-state index in [0.717, 1.165) is 11.3 Å². The highest BCUT2D eigenvalue weighted by Crippen LogP contribution is 2.25. The van der Waals surface area contributed by atoms with Crippen LogP contribution >= 0.6 is 0 Å². The second-order valence-corrected chi connectivity index (χ2v) is 4.04. The lowest BCUT2D eigenvalue weighted by Crippen LogP contribution is -2.04. The molecule has 0 aliphatic carbocycles. The number of benzene rings is 1. The van der Waals surface area contributed by atoms with Gasteiger partial charge in [0.15, 0.2) is 0 Å². The van der Waals surface area contributed by atoms with Gasteiger partial charge in [0.2, 0.25) is 0 Å². The van der Waals surface area contributed by atoms with Gasteiger partial charge in [-0.1, -0.05) is 32.0 Å². The van der Waals surface area contributed by atoms with Crippen molar-refractivity contribution in [1.29, 1.82) is 0 Å². The van der Waals surface area contributed by atoms with E-state index in [2.05, 4.69) is 13.8 Å². The largest absolute Gasteiger partial charge is 0.493 e. The maximum absolute atomic E-state index is 10.3. The molecule has 0 spiro atoms. The fourth-order valence-corrected chi connectivity index (χ4v) is 1.49. The Balaban J connectivity index is 2.50. The van der Waals surface area contributed by atoms with E-state index < -0.39 is 5.97 Å². The molecule has 0 aliphatic rings. The Morgan fingerprint density at radius 3 is 2.69 bits per heavy atom. The Labute approximate surface area is 96.1 Å². The first-order valence-corrected chi connectivity index (χ1v) is 5.54. The fraction of sp³-hybridized carbons (Fsp3) is 0.462. The van der Waals surface area contributed by atoms with Gasteiger partial charge in [-0.15, -0.1) is 0 Å². The number of hydrogen-bond acceptors (Lipinski definition) is 2. The van der Waals surface area contributed by atoms with Crippen molar-refractivity contribution in [3.63, 3.8) is 0 Å². The van der Waals surface area contributed by atoms with E-state index in [1.165, 1.54) is 0 Å². The molecule has 0 unspecified atom stereocenters. The van der Waals surface area contributed by atoms with Gasteiger partial charge in [-0.3, -0.25) is 4.79 Å². The number of carboxylic acid groups (broad SMARTS) is 1. The van der Waals surface area contributed by atoms with Gasteiger partial charge in [0.1, 0.15) is 5.75 Å². The molecule has 16 heavy (non-hydrogen) atoms. The van der Waals surface area contributed by atoms with E-state index in [4.69, 9.17) is 9.84 Å². The van der Waals surface area contributed by atoms with Crippen LogP contribution in [0.15, 0.2) is 24.3 Å². The Hall–Kier alpha value is -1.51. The van der Waals surface area contributed by atoms with Gasteiger partial charge in [-0.2, -0.15) is 0 Å². The van der Waals surface area contributed by atoms with Crippen LogP contribution in [0, 0.1) is 0 Å². The summed E-state index contributed by atoms with van der Waals surface area (Å²) in [5.74, 6) is 0.499. The number of aliphatic carboxylic acids is 1. The van der Waals surface area contributed by atoms with Gasteiger partial charge in [-0.05, 0) is 24.0 Å². The van der Waals surface area contributed by atoms with Crippen molar-refractivity contribution in [1.82, 2.24) is 0 Å². The predicted octanol–water partition coefficient (Wildman–Crippen LogP) is 3.05. The summed E-state index contributed by atoms with van der Waals surface area (Å²) in [6, 6.07) is 7.88. The summed E-state index contributed by atoms with van der Waals surface area (Å²) in [7, 11) is 0. The second kappa shape index (κ2) is 6.16. The van der Waals surface area contributed by atoms with Gasteiger partial charge >= 0.3 is 5.97 Å².